The fraction of sp³-hybridized carbons (Fsp3) is 0.385. The van der Waals surface area contributed by atoms with Crippen molar-refractivity contribution in [2.45, 2.75) is 5.92 Å². The maximum atomic E-state index is 12.2. The molecule has 0 unspecified atom stereocenters. The van der Waals surface area contributed by atoms with Crippen LogP contribution in [-0.2, 0) is 14.3 Å². The van der Waals surface area contributed by atoms with Gasteiger partial charge in [-0.1, -0.05) is 30.3 Å². The lowest BCUT2D eigenvalue weighted by atomic mass is 9.97. The Morgan fingerprint density at radius 1 is 1.17 bits per heavy atom. The molecule has 0 bridgehead atoms. The van der Waals surface area contributed by atoms with Crippen molar-refractivity contribution in [3.05, 3.63) is 35.9 Å². The second-order valence-corrected chi connectivity index (χ2v) is 4.12. The van der Waals surface area contributed by atoms with E-state index in [0.717, 1.165) is 0 Å². The molecule has 1 atom stereocenters. The Bertz CT molecular complexity index is 426. The number of amides is 1. The van der Waals surface area contributed by atoms with E-state index in [-0.39, 0.29) is 5.91 Å². The molecule has 0 spiro atoms. The highest BCUT2D eigenvalue weighted by molar-refractivity contribution is 6.02. The zero-order valence-electron chi connectivity index (χ0n) is 9.91. The van der Waals surface area contributed by atoms with Crippen LogP contribution < -0.4 is 0 Å². The number of aliphatic carboxylic acids is 1. The first-order chi connectivity index (χ1) is 8.70. The molecule has 1 aromatic carbocycles. The van der Waals surface area contributed by atoms with Crippen LogP contribution in [0.4, 0.5) is 0 Å². The smallest absolute Gasteiger partial charge is 0.320 e. The van der Waals surface area contributed by atoms with Crippen molar-refractivity contribution in [3.8, 4) is 0 Å². The van der Waals surface area contributed by atoms with Gasteiger partial charge in [0, 0.05) is 13.1 Å². The van der Waals surface area contributed by atoms with Gasteiger partial charge in [-0.3, -0.25) is 9.59 Å². The second kappa shape index (κ2) is 5.64. The molecule has 2 rings (SSSR count). The molecule has 0 aromatic heterocycles. The third-order valence-electron chi connectivity index (χ3n) is 2.95. The number of ether oxygens (including phenoxy) is 1. The molecule has 1 aliphatic heterocycles. The summed E-state index contributed by atoms with van der Waals surface area (Å²) in [5.41, 5.74) is 0.515. The largest absolute Gasteiger partial charge is 0.480 e. The van der Waals surface area contributed by atoms with E-state index >= 15 is 0 Å². The SMILES string of the molecule is O=C(O)[C@@H](C(=O)N1CCOCC1)c1ccccc1. The average molecular weight is 249 g/mol. The van der Waals surface area contributed by atoms with Crippen LogP contribution in [0.2, 0.25) is 0 Å². The second-order valence-electron chi connectivity index (χ2n) is 4.12. The van der Waals surface area contributed by atoms with E-state index in [9.17, 15) is 14.7 Å². The lowest BCUT2D eigenvalue weighted by Crippen LogP contribution is -2.44. The minimum atomic E-state index is -1.12. The Morgan fingerprint density at radius 2 is 1.78 bits per heavy atom. The Labute approximate surface area is 105 Å². The van der Waals surface area contributed by atoms with Gasteiger partial charge in [0.1, 0.15) is 0 Å². The number of rotatable bonds is 3. The highest BCUT2D eigenvalue weighted by Gasteiger charge is 2.32. The Balaban J connectivity index is 2.20. The maximum absolute atomic E-state index is 12.2. The van der Waals surface area contributed by atoms with Gasteiger partial charge in [-0.25, -0.2) is 0 Å². The molecule has 1 amide bonds. The molecule has 18 heavy (non-hydrogen) atoms. The van der Waals surface area contributed by atoms with E-state index in [0.29, 0.717) is 31.9 Å². The van der Waals surface area contributed by atoms with Gasteiger partial charge in [-0.05, 0) is 5.56 Å². The van der Waals surface area contributed by atoms with Crippen LogP contribution in [0.15, 0.2) is 30.3 Å². The van der Waals surface area contributed by atoms with Gasteiger partial charge in [-0.2, -0.15) is 0 Å². The molecule has 1 saturated heterocycles. The zero-order chi connectivity index (χ0) is 13.0. The summed E-state index contributed by atoms with van der Waals surface area (Å²) in [6.07, 6.45) is 0. The molecule has 1 aliphatic rings. The van der Waals surface area contributed by atoms with Crippen molar-refractivity contribution in [1.82, 2.24) is 4.90 Å². The van der Waals surface area contributed by atoms with Crippen molar-refractivity contribution >= 4 is 11.9 Å². The van der Waals surface area contributed by atoms with Crippen molar-refractivity contribution in [2.24, 2.45) is 0 Å². The Hall–Kier alpha value is -1.88. The summed E-state index contributed by atoms with van der Waals surface area (Å²) in [6.45, 7) is 1.84. The molecule has 0 aliphatic carbocycles. The van der Waals surface area contributed by atoms with Gasteiger partial charge in [0.25, 0.3) is 0 Å². The molecule has 5 heteroatoms. The van der Waals surface area contributed by atoms with Gasteiger partial charge in [0.05, 0.1) is 13.2 Å². The number of hydrogen-bond donors (Lipinski definition) is 1. The highest BCUT2D eigenvalue weighted by atomic mass is 16.5. The Kier molecular flexibility index (Phi) is 3.94. The summed E-state index contributed by atoms with van der Waals surface area (Å²) in [5, 5.41) is 9.25. The van der Waals surface area contributed by atoms with E-state index in [1.807, 2.05) is 0 Å². The van der Waals surface area contributed by atoms with Gasteiger partial charge >= 0.3 is 5.97 Å². The van der Waals surface area contributed by atoms with Crippen LogP contribution >= 0.6 is 0 Å². The standard InChI is InChI=1S/C13H15NO4/c15-12(14-6-8-18-9-7-14)11(13(16)17)10-4-2-1-3-5-10/h1-5,11H,6-9H2,(H,16,17)/t11-/m1/s1. The van der Waals surface area contributed by atoms with Gasteiger partial charge in [0.15, 0.2) is 5.92 Å². The number of carboxylic acids is 1. The molecule has 96 valence electrons. The summed E-state index contributed by atoms with van der Waals surface area (Å²) < 4.78 is 5.15. The first-order valence-electron chi connectivity index (χ1n) is 5.84. The zero-order valence-corrected chi connectivity index (χ0v) is 9.91. The Morgan fingerprint density at radius 3 is 2.33 bits per heavy atom. The molecular formula is C13H15NO4. The predicted octanol–water partition coefficient (Wildman–Crippen LogP) is 0.714. The fourth-order valence-corrected chi connectivity index (χ4v) is 2.00. The third-order valence-corrected chi connectivity index (χ3v) is 2.95. The number of carbonyl (C=O) groups excluding carboxylic acids is 1. The number of carbonyl (C=O) groups is 2. The minimum Gasteiger partial charge on any atom is -0.480 e. The average Bonchev–Trinajstić information content (AvgIpc) is 2.40. The minimum absolute atomic E-state index is 0.364. The van der Waals surface area contributed by atoms with E-state index < -0.39 is 11.9 Å². The van der Waals surface area contributed by atoms with Crippen LogP contribution in [0.3, 0.4) is 0 Å². The van der Waals surface area contributed by atoms with Crippen molar-refractivity contribution in [3.63, 3.8) is 0 Å². The van der Waals surface area contributed by atoms with Crippen LogP contribution in [0.1, 0.15) is 11.5 Å². The quantitative estimate of drug-likeness (QED) is 0.801. The van der Waals surface area contributed by atoms with E-state index in [1.54, 1.807) is 35.2 Å². The molecule has 1 fully saturated rings. The molecular weight excluding hydrogens is 234 g/mol. The van der Waals surface area contributed by atoms with Crippen LogP contribution in [0.25, 0.3) is 0 Å². The van der Waals surface area contributed by atoms with Crippen molar-refractivity contribution in [2.75, 3.05) is 26.3 Å². The number of benzene rings is 1. The van der Waals surface area contributed by atoms with E-state index in [2.05, 4.69) is 0 Å². The number of carboxylic acid groups (broad SMARTS) is 1. The van der Waals surface area contributed by atoms with Crippen LogP contribution in [-0.4, -0.2) is 48.2 Å². The number of hydrogen-bond acceptors (Lipinski definition) is 3. The number of nitrogens with zero attached hydrogens (tertiary/aromatic N) is 1. The monoisotopic (exact) mass is 249 g/mol. The first kappa shape index (κ1) is 12.6. The van der Waals surface area contributed by atoms with Gasteiger partial charge < -0.3 is 14.7 Å². The van der Waals surface area contributed by atoms with E-state index in [1.165, 1.54) is 0 Å². The van der Waals surface area contributed by atoms with Gasteiger partial charge in [-0.15, -0.1) is 0 Å². The normalized spacial score (nSPS) is 17.2. The maximum Gasteiger partial charge on any atom is 0.320 e. The molecule has 1 heterocycles. The van der Waals surface area contributed by atoms with Gasteiger partial charge in [0.2, 0.25) is 5.91 Å². The van der Waals surface area contributed by atoms with Crippen molar-refractivity contribution < 1.29 is 19.4 Å². The predicted molar refractivity (Wildman–Crippen MR) is 64.2 cm³/mol. The first-order valence-corrected chi connectivity index (χ1v) is 5.84. The highest BCUT2D eigenvalue weighted by Crippen LogP contribution is 2.19. The summed E-state index contributed by atoms with van der Waals surface area (Å²) >= 11 is 0. The topological polar surface area (TPSA) is 66.8 Å². The summed E-state index contributed by atoms with van der Waals surface area (Å²) in [6, 6.07) is 8.59. The summed E-state index contributed by atoms with van der Waals surface area (Å²) in [5.74, 6) is -2.60. The summed E-state index contributed by atoms with van der Waals surface area (Å²) in [4.78, 5) is 25.1. The molecule has 0 saturated carbocycles. The molecule has 1 aromatic rings. The van der Waals surface area contributed by atoms with E-state index in [4.69, 9.17) is 4.74 Å². The van der Waals surface area contributed by atoms with Crippen LogP contribution in [0.5, 0.6) is 0 Å². The molecule has 0 radical (unpaired) electrons. The third kappa shape index (κ3) is 2.68. The number of morpholine rings is 1. The molecule has 1 N–H and O–H groups in total. The summed E-state index contributed by atoms with van der Waals surface area (Å²) in [7, 11) is 0. The van der Waals surface area contributed by atoms with Crippen LogP contribution in [0, 0.1) is 0 Å². The lowest BCUT2D eigenvalue weighted by Gasteiger charge is -2.29. The lowest BCUT2D eigenvalue weighted by molar-refractivity contribution is -0.148. The molecule has 5 nitrogen and oxygen atoms in total. The fourth-order valence-electron chi connectivity index (χ4n) is 2.00. The van der Waals surface area contributed by atoms with Crippen molar-refractivity contribution in [1.29, 1.82) is 0 Å².